The molecule has 1 aliphatic heterocycles. The fraction of sp³-hybridized carbons (Fsp3) is 0.632. The van der Waals surface area contributed by atoms with E-state index in [-0.39, 0.29) is 16.6 Å². The van der Waals surface area contributed by atoms with Crippen LogP contribution in [0.25, 0.3) is 0 Å². The molecule has 0 radical (unpaired) electrons. The largest absolute Gasteiger partial charge is 0.481 e. The lowest BCUT2D eigenvalue weighted by Crippen LogP contribution is -2.74. The predicted octanol–water partition coefficient (Wildman–Crippen LogP) is 1.99. The monoisotopic (exact) mass is 344 g/mol. The van der Waals surface area contributed by atoms with Gasteiger partial charge in [-0.15, -0.1) is 0 Å². The van der Waals surface area contributed by atoms with Crippen LogP contribution in [0.5, 0.6) is 5.75 Å². The van der Waals surface area contributed by atoms with Crippen molar-refractivity contribution < 1.29 is 14.6 Å². The Morgan fingerprint density at radius 1 is 1.24 bits per heavy atom. The van der Waals surface area contributed by atoms with Crippen LogP contribution in [0.2, 0.25) is 0 Å². The number of ether oxygens (including phenoxy) is 1. The number of anilines is 1. The van der Waals surface area contributed by atoms with Crippen LogP contribution in [0.1, 0.15) is 32.1 Å². The number of nitrogens with two attached hydrogens (primary N) is 2. The second-order valence-corrected chi connectivity index (χ2v) is 8.69. The molecule has 4 aliphatic carbocycles. The fourth-order valence-electron chi connectivity index (χ4n) is 6.75. The molecule has 6 nitrogen and oxygen atoms in total. The molecule has 4 saturated carbocycles. The van der Waals surface area contributed by atoms with Crippen LogP contribution in [0.4, 0.5) is 16.2 Å². The molecule has 2 amide bonds. The van der Waals surface area contributed by atoms with Crippen LogP contribution in [0.3, 0.4) is 0 Å². The van der Waals surface area contributed by atoms with Gasteiger partial charge in [-0.1, -0.05) is 0 Å². The number of primary amides is 1. The molecule has 1 heterocycles. The molecule has 3 atom stereocenters. The minimum atomic E-state index is -0.528. The van der Waals surface area contributed by atoms with Crippen molar-refractivity contribution in [2.45, 2.75) is 43.7 Å². The number of rotatable bonds is 1. The summed E-state index contributed by atoms with van der Waals surface area (Å²) in [5, 5.41) is 10.9. The lowest BCUT2D eigenvalue weighted by molar-refractivity contribution is -0.153. The summed E-state index contributed by atoms with van der Waals surface area (Å²) in [6.45, 7) is 1.02. The van der Waals surface area contributed by atoms with Gasteiger partial charge < -0.3 is 21.3 Å². The Morgan fingerprint density at radius 2 is 1.96 bits per heavy atom. The molecule has 4 bridgehead atoms. The number of nitrogens with zero attached hydrogens (tertiary/aromatic N) is 1. The Morgan fingerprint density at radius 3 is 2.60 bits per heavy atom. The van der Waals surface area contributed by atoms with E-state index in [1.54, 1.807) is 6.07 Å². The maximum absolute atomic E-state index is 12.9. The van der Waals surface area contributed by atoms with Crippen molar-refractivity contribution in [3.8, 4) is 5.75 Å². The second kappa shape index (κ2) is 4.89. The summed E-state index contributed by atoms with van der Waals surface area (Å²) in [6.07, 6.45) is 4.69. The van der Waals surface area contributed by atoms with Crippen molar-refractivity contribution in [3.63, 3.8) is 0 Å². The zero-order chi connectivity index (χ0) is 17.4. The van der Waals surface area contributed by atoms with Gasteiger partial charge in [0.15, 0.2) is 11.4 Å². The molecule has 6 rings (SSSR count). The number of amides is 2. The van der Waals surface area contributed by atoms with Crippen molar-refractivity contribution in [1.82, 2.24) is 4.48 Å². The van der Waals surface area contributed by atoms with Gasteiger partial charge in [0.05, 0.1) is 5.60 Å². The van der Waals surface area contributed by atoms with E-state index >= 15 is 0 Å². The summed E-state index contributed by atoms with van der Waals surface area (Å²) in [5.41, 5.74) is 13.0. The van der Waals surface area contributed by atoms with Crippen molar-refractivity contribution in [1.29, 1.82) is 0 Å². The van der Waals surface area contributed by atoms with E-state index in [2.05, 4.69) is 0 Å². The topological polar surface area (TPSA) is 98.6 Å². The van der Waals surface area contributed by atoms with Gasteiger partial charge in [0.25, 0.3) is 0 Å². The summed E-state index contributed by atoms with van der Waals surface area (Å²) in [4.78, 5) is 12.9. The zero-order valence-corrected chi connectivity index (χ0v) is 14.4. The van der Waals surface area contributed by atoms with Gasteiger partial charge in [-0.25, -0.2) is 4.79 Å². The fourth-order valence-corrected chi connectivity index (χ4v) is 6.75. The molecular weight excluding hydrogens is 318 g/mol. The van der Waals surface area contributed by atoms with E-state index in [4.69, 9.17) is 16.2 Å². The van der Waals surface area contributed by atoms with E-state index in [1.807, 2.05) is 12.1 Å². The van der Waals surface area contributed by atoms with Gasteiger partial charge in [0.1, 0.15) is 19.2 Å². The smallest absolute Gasteiger partial charge is 0.419 e. The molecule has 0 saturated heterocycles. The highest BCUT2D eigenvalue weighted by Crippen LogP contribution is 2.59. The van der Waals surface area contributed by atoms with Gasteiger partial charge in [0, 0.05) is 23.6 Å². The molecule has 6 heteroatoms. The first-order valence-corrected chi connectivity index (χ1v) is 9.34. The lowest BCUT2D eigenvalue weighted by atomic mass is 9.51. The van der Waals surface area contributed by atoms with Gasteiger partial charge >= 0.3 is 6.03 Å². The number of benzene rings is 1. The molecule has 1 aromatic carbocycles. The average Bonchev–Trinajstić information content (AvgIpc) is 2.52. The van der Waals surface area contributed by atoms with Gasteiger partial charge in [0.2, 0.25) is 0 Å². The highest BCUT2D eigenvalue weighted by molar-refractivity contribution is 5.89. The molecule has 0 spiro atoms. The minimum Gasteiger partial charge on any atom is -0.481 e. The summed E-state index contributed by atoms with van der Waals surface area (Å²) >= 11 is 0. The van der Waals surface area contributed by atoms with E-state index < -0.39 is 5.60 Å². The van der Waals surface area contributed by atoms with Crippen LogP contribution in [-0.2, 0) is 0 Å². The third-order valence-corrected chi connectivity index (χ3v) is 7.21. The van der Waals surface area contributed by atoms with E-state index in [0.717, 1.165) is 37.8 Å². The third-order valence-electron chi connectivity index (χ3n) is 7.21. The highest BCUT2D eigenvalue weighted by atomic mass is 16.5. The molecular formula is C19H26N3O3+. The standard InChI is InChI=1S/C19H25N3O3/c20-14-1-2-16-15(7-14)22(18(21)23,3-4-25-16)17-12-5-11-6-13(17)10-19(24,8-11)9-12/h1-2,7,11-13,17,24H,3-6,8-10,20H2,(H-,21,23)/p+1. The van der Waals surface area contributed by atoms with Gasteiger partial charge in [-0.3, -0.25) is 0 Å². The number of quaternary nitrogens is 1. The van der Waals surface area contributed by atoms with E-state index in [0.29, 0.717) is 42.3 Å². The quantitative estimate of drug-likeness (QED) is 0.536. The van der Waals surface area contributed by atoms with Crippen LogP contribution < -0.4 is 20.7 Å². The Balaban J connectivity index is 1.66. The Kier molecular flexibility index (Phi) is 3.02. The number of fused-ring (bicyclic) bond motifs is 1. The SMILES string of the molecule is NC(=O)[N+]1(C2C3CC4CC2CC(O)(C4)C3)CCOc2ccc(N)cc21. The number of hydrogen-bond acceptors (Lipinski definition) is 4. The zero-order valence-electron chi connectivity index (χ0n) is 14.4. The minimum absolute atomic E-state index is 0.124. The number of carbonyl (C=O) groups excluding carboxylic acids is 1. The lowest BCUT2D eigenvalue weighted by Gasteiger charge is -2.61. The first-order valence-electron chi connectivity index (χ1n) is 9.34. The van der Waals surface area contributed by atoms with Crippen molar-refractivity contribution in [2.24, 2.45) is 23.5 Å². The first-order chi connectivity index (χ1) is 11.9. The Labute approximate surface area is 147 Å². The summed E-state index contributed by atoms with van der Waals surface area (Å²) in [7, 11) is 0. The molecule has 3 unspecified atom stereocenters. The first kappa shape index (κ1) is 15.5. The molecule has 5 N–H and O–H groups in total. The molecule has 25 heavy (non-hydrogen) atoms. The third kappa shape index (κ3) is 2.01. The number of carbonyl (C=O) groups is 1. The Hall–Kier alpha value is -1.79. The van der Waals surface area contributed by atoms with E-state index in [9.17, 15) is 9.90 Å². The van der Waals surface area contributed by atoms with Gasteiger partial charge in [-0.2, -0.15) is 4.48 Å². The summed E-state index contributed by atoms with van der Waals surface area (Å²) in [5.74, 6) is 1.96. The molecule has 5 aliphatic rings. The highest BCUT2D eigenvalue weighted by Gasteiger charge is 2.64. The summed E-state index contributed by atoms with van der Waals surface area (Å²) in [6, 6.07) is 5.32. The Bertz CT molecular complexity index is 735. The molecule has 1 aromatic rings. The van der Waals surface area contributed by atoms with Crippen LogP contribution >= 0.6 is 0 Å². The molecule has 4 fully saturated rings. The number of aliphatic hydroxyl groups is 1. The number of urea groups is 1. The van der Waals surface area contributed by atoms with Crippen molar-refractivity contribution in [3.05, 3.63) is 18.2 Å². The molecule has 134 valence electrons. The van der Waals surface area contributed by atoms with Crippen LogP contribution in [0.15, 0.2) is 18.2 Å². The maximum atomic E-state index is 12.9. The second-order valence-electron chi connectivity index (χ2n) is 8.69. The maximum Gasteiger partial charge on any atom is 0.419 e. The average molecular weight is 344 g/mol. The molecule has 0 aromatic heterocycles. The van der Waals surface area contributed by atoms with Gasteiger partial charge in [-0.05, 0) is 50.2 Å². The van der Waals surface area contributed by atoms with Crippen molar-refractivity contribution >= 4 is 17.4 Å². The van der Waals surface area contributed by atoms with Crippen LogP contribution in [0, 0.1) is 17.8 Å². The van der Waals surface area contributed by atoms with Crippen LogP contribution in [-0.4, -0.2) is 35.9 Å². The predicted molar refractivity (Wildman–Crippen MR) is 94.9 cm³/mol. The summed E-state index contributed by atoms with van der Waals surface area (Å²) < 4.78 is 5.96. The number of nitrogen functional groups attached to an aromatic ring is 1. The normalized spacial score (nSPS) is 44.2. The van der Waals surface area contributed by atoms with E-state index in [1.165, 1.54) is 0 Å². The van der Waals surface area contributed by atoms with Crippen molar-refractivity contribution in [2.75, 3.05) is 18.9 Å². The number of hydrogen-bond donors (Lipinski definition) is 3.